The predicted octanol–water partition coefficient (Wildman–Crippen LogP) is 2.11. The van der Waals surface area contributed by atoms with Crippen molar-refractivity contribution in [3.05, 3.63) is 24.1 Å². The number of nitrogens with one attached hydrogen (secondary N) is 1. The van der Waals surface area contributed by atoms with E-state index in [4.69, 9.17) is 0 Å². The molecule has 0 bridgehead atoms. The number of rotatable bonds is 1. The lowest BCUT2D eigenvalue weighted by Gasteiger charge is -1.94. The molecule has 0 unspecified atom stereocenters. The highest BCUT2D eigenvalue weighted by Crippen LogP contribution is 2.00. The van der Waals surface area contributed by atoms with Crippen molar-refractivity contribution in [2.75, 3.05) is 12.4 Å². The predicted molar refractivity (Wildman–Crippen MR) is 48.2 cm³/mol. The van der Waals surface area contributed by atoms with Crippen molar-refractivity contribution in [1.29, 1.82) is 0 Å². The van der Waals surface area contributed by atoms with Crippen molar-refractivity contribution >= 4 is 30.6 Å². The standard InChI is InChI=1S/C6H7FN2.2ClH/c1-8-6-4-2-3-5(7)9-6;;/h2-4H,1H3,(H,8,9);2*1H. The number of halogens is 3. The summed E-state index contributed by atoms with van der Waals surface area (Å²) in [4.78, 5) is 3.51. The van der Waals surface area contributed by atoms with E-state index in [0.717, 1.165) is 0 Å². The average Bonchev–Trinajstić information content (AvgIpc) is 1.88. The zero-order chi connectivity index (χ0) is 6.69. The highest BCUT2D eigenvalue weighted by molar-refractivity contribution is 5.85. The molecular formula is C6H9Cl2FN2. The van der Waals surface area contributed by atoms with Gasteiger partial charge < -0.3 is 5.32 Å². The molecule has 0 atom stereocenters. The fraction of sp³-hybridized carbons (Fsp3) is 0.167. The lowest BCUT2D eigenvalue weighted by atomic mass is 10.5. The third-order valence-electron chi connectivity index (χ3n) is 0.971. The normalized spacial score (nSPS) is 7.45. The van der Waals surface area contributed by atoms with Crippen LogP contribution >= 0.6 is 24.8 Å². The Morgan fingerprint density at radius 2 is 2.00 bits per heavy atom. The average molecular weight is 199 g/mol. The zero-order valence-corrected chi connectivity index (χ0v) is 7.51. The monoisotopic (exact) mass is 198 g/mol. The van der Waals surface area contributed by atoms with Gasteiger partial charge in [0.1, 0.15) is 5.82 Å². The fourth-order valence-corrected chi connectivity index (χ4v) is 0.548. The van der Waals surface area contributed by atoms with Gasteiger partial charge in [-0.3, -0.25) is 0 Å². The van der Waals surface area contributed by atoms with Crippen LogP contribution in [-0.4, -0.2) is 12.0 Å². The van der Waals surface area contributed by atoms with E-state index < -0.39 is 5.95 Å². The molecule has 1 heterocycles. The van der Waals surface area contributed by atoms with Crippen molar-refractivity contribution in [3.8, 4) is 0 Å². The highest BCUT2D eigenvalue weighted by atomic mass is 35.5. The summed E-state index contributed by atoms with van der Waals surface area (Å²) in [7, 11) is 1.70. The lowest BCUT2D eigenvalue weighted by molar-refractivity contribution is 0.585. The SMILES string of the molecule is CNc1cccc(F)n1.Cl.Cl. The molecule has 0 fully saturated rings. The Hall–Kier alpha value is -0.540. The van der Waals surface area contributed by atoms with Crippen molar-refractivity contribution in [2.24, 2.45) is 0 Å². The van der Waals surface area contributed by atoms with Gasteiger partial charge in [-0.05, 0) is 12.1 Å². The molecule has 0 aliphatic rings. The molecule has 0 amide bonds. The smallest absolute Gasteiger partial charge is 0.214 e. The van der Waals surface area contributed by atoms with Crippen molar-refractivity contribution in [2.45, 2.75) is 0 Å². The van der Waals surface area contributed by atoms with Gasteiger partial charge in [0.2, 0.25) is 5.95 Å². The molecule has 0 saturated heterocycles. The number of pyridine rings is 1. The molecule has 5 heteroatoms. The Morgan fingerprint density at radius 1 is 1.36 bits per heavy atom. The summed E-state index contributed by atoms with van der Waals surface area (Å²) >= 11 is 0. The molecule has 0 aliphatic heterocycles. The second-order valence-electron chi connectivity index (χ2n) is 1.60. The van der Waals surface area contributed by atoms with Crippen LogP contribution in [0.4, 0.5) is 10.2 Å². The van der Waals surface area contributed by atoms with Crippen LogP contribution in [0.15, 0.2) is 18.2 Å². The molecule has 1 aromatic heterocycles. The largest absolute Gasteiger partial charge is 0.373 e. The van der Waals surface area contributed by atoms with Gasteiger partial charge in [-0.15, -0.1) is 24.8 Å². The topological polar surface area (TPSA) is 24.9 Å². The van der Waals surface area contributed by atoms with E-state index in [0.29, 0.717) is 5.82 Å². The van der Waals surface area contributed by atoms with Crippen LogP contribution in [0.2, 0.25) is 0 Å². The first-order valence-corrected chi connectivity index (χ1v) is 2.63. The molecule has 0 radical (unpaired) electrons. The third-order valence-corrected chi connectivity index (χ3v) is 0.971. The van der Waals surface area contributed by atoms with E-state index in [9.17, 15) is 4.39 Å². The molecule has 0 aromatic carbocycles. The van der Waals surface area contributed by atoms with Gasteiger partial charge in [0.15, 0.2) is 0 Å². The zero-order valence-electron chi connectivity index (χ0n) is 5.87. The van der Waals surface area contributed by atoms with Gasteiger partial charge in [-0.25, -0.2) is 4.98 Å². The number of hydrogen-bond donors (Lipinski definition) is 1. The minimum atomic E-state index is -0.457. The molecule has 0 spiro atoms. The summed E-state index contributed by atoms with van der Waals surface area (Å²) in [5.74, 6) is 0.0943. The molecule has 1 N–H and O–H groups in total. The second-order valence-corrected chi connectivity index (χ2v) is 1.60. The first-order valence-electron chi connectivity index (χ1n) is 2.63. The van der Waals surface area contributed by atoms with Gasteiger partial charge in [-0.1, -0.05) is 6.07 Å². The van der Waals surface area contributed by atoms with E-state index in [1.807, 2.05) is 0 Å². The van der Waals surface area contributed by atoms with E-state index >= 15 is 0 Å². The van der Waals surface area contributed by atoms with Crippen LogP contribution < -0.4 is 5.32 Å². The Bertz CT molecular complexity index is 208. The highest BCUT2D eigenvalue weighted by Gasteiger charge is 1.89. The summed E-state index contributed by atoms with van der Waals surface area (Å²) in [5.41, 5.74) is 0. The van der Waals surface area contributed by atoms with Crippen LogP contribution in [0, 0.1) is 5.95 Å². The second kappa shape index (κ2) is 6.19. The van der Waals surface area contributed by atoms with Crippen molar-refractivity contribution in [1.82, 2.24) is 4.98 Å². The van der Waals surface area contributed by atoms with Crippen LogP contribution in [0.25, 0.3) is 0 Å². The third kappa shape index (κ3) is 4.01. The lowest BCUT2D eigenvalue weighted by Crippen LogP contribution is -1.92. The van der Waals surface area contributed by atoms with Gasteiger partial charge >= 0.3 is 0 Å². The fourth-order valence-electron chi connectivity index (χ4n) is 0.548. The summed E-state index contributed by atoms with van der Waals surface area (Å²) in [6.45, 7) is 0. The van der Waals surface area contributed by atoms with Crippen LogP contribution in [0.5, 0.6) is 0 Å². The van der Waals surface area contributed by atoms with Crippen LogP contribution in [0.1, 0.15) is 0 Å². The molecule has 0 aliphatic carbocycles. The maximum Gasteiger partial charge on any atom is 0.214 e. The summed E-state index contributed by atoms with van der Waals surface area (Å²) in [6.07, 6.45) is 0. The van der Waals surface area contributed by atoms with Gasteiger partial charge in [0.05, 0.1) is 0 Å². The molecule has 1 rings (SSSR count). The Labute approximate surface area is 77.0 Å². The molecule has 64 valence electrons. The number of hydrogen-bond acceptors (Lipinski definition) is 2. The van der Waals surface area contributed by atoms with E-state index in [2.05, 4.69) is 10.3 Å². The minimum absolute atomic E-state index is 0. The summed E-state index contributed by atoms with van der Waals surface area (Å²) in [5, 5.41) is 2.72. The summed E-state index contributed by atoms with van der Waals surface area (Å²) in [6, 6.07) is 4.61. The molecule has 11 heavy (non-hydrogen) atoms. The van der Waals surface area contributed by atoms with Crippen LogP contribution in [-0.2, 0) is 0 Å². The number of nitrogens with zero attached hydrogens (tertiary/aromatic N) is 1. The van der Waals surface area contributed by atoms with E-state index in [1.54, 1.807) is 19.2 Å². The van der Waals surface area contributed by atoms with Crippen LogP contribution in [0.3, 0.4) is 0 Å². The van der Waals surface area contributed by atoms with Gasteiger partial charge in [-0.2, -0.15) is 4.39 Å². The minimum Gasteiger partial charge on any atom is -0.373 e. The van der Waals surface area contributed by atoms with E-state index in [-0.39, 0.29) is 24.8 Å². The van der Waals surface area contributed by atoms with Crippen molar-refractivity contribution in [3.63, 3.8) is 0 Å². The first kappa shape index (κ1) is 13.1. The maximum absolute atomic E-state index is 12.2. The van der Waals surface area contributed by atoms with Gasteiger partial charge in [0.25, 0.3) is 0 Å². The molecule has 0 saturated carbocycles. The van der Waals surface area contributed by atoms with E-state index in [1.165, 1.54) is 6.07 Å². The molecule has 2 nitrogen and oxygen atoms in total. The quantitative estimate of drug-likeness (QED) is 0.700. The van der Waals surface area contributed by atoms with Gasteiger partial charge in [0, 0.05) is 7.05 Å². The van der Waals surface area contributed by atoms with Crippen molar-refractivity contribution < 1.29 is 4.39 Å². The Morgan fingerprint density at radius 3 is 2.36 bits per heavy atom. The molecule has 1 aromatic rings. The summed E-state index contributed by atoms with van der Waals surface area (Å²) < 4.78 is 12.2. The maximum atomic E-state index is 12.2. The first-order chi connectivity index (χ1) is 4.33. The Kier molecular flexibility index (Phi) is 7.36. The molecular weight excluding hydrogens is 190 g/mol. The number of aromatic nitrogens is 1. The number of anilines is 1. The Balaban J connectivity index is 0.